The molecule has 0 radical (unpaired) electrons. The zero-order chi connectivity index (χ0) is 14.6. The van der Waals surface area contributed by atoms with Crippen LogP contribution in [0, 0.1) is 17.8 Å². The molecule has 0 aromatic carbocycles. The SMILES string of the molecule is CC(CNC(=O)N1CC(C)CC(C)C1C)CC(=O)O. The van der Waals surface area contributed by atoms with Crippen molar-refractivity contribution in [1.29, 1.82) is 0 Å². The van der Waals surface area contributed by atoms with Crippen LogP contribution in [0.1, 0.15) is 40.5 Å². The van der Waals surface area contributed by atoms with Crippen molar-refractivity contribution in [2.24, 2.45) is 17.8 Å². The molecule has 0 saturated carbocycles. The number of nitrogens with zero attached hydrogens (tertiary/aromatic N) is 1. The van der Waals surface area contributed by atoms with E-state index in [9.17, 15) is 9.59 Å². The number of amides is 2. The second-order valence-corrected chi connectivity index (χ2v) is 6.10. The lowest BCUT2D eigenvalue weighted by Crippen LogP contribution is -2.53. The number of likely N-dealkylation sites (tertiary alicyclic amines) is 1. The van der Waals surface area contributed by atoms with Crippen LogP contribution in [0.25, 0.3) is 0 Å². The van der Waals surface area contributed by atoms with E-state index >= 15 is 0 Å². The fraction of sp³-hybridized carbons (Fsp3) is 0.857. The molecule has 4 atom stereocenters. The van der Waals surface area contributed by atoms with Gasteiger partial charge in [-0.15, -0.1) is 0 Å². The monoisotopic (exact) mass is 270 g/mol. The molecular weight excluding hydrogens is 244 g/mol. The summed E-state index contributed by atoms with van der Waals surface area (Å²) >= 11 is 0. The highest BCUT2D eigenvalue weighted by Crippen LogP contribution is 2.26. The fourth-order valence-electron chi connectivity index (χ4n) is 2.72. The van der Waals surface area contributed by atoms with E-state index in [1.165, 1.54) is 0 Å². The molecule has 2 N–H and O–H groups in total. The van der Waals surface area contributed by atoms with Gasteiger partial charge in [0.2, 0.25) is 0 Å². The minimum atomic E-state index is -0.824. The van der Waals surface area contributed by atoms with E-state index in [1.54, 1.807) is 0 Å². The Morgan fingerprint density at radius 1 is 1.37 bits per heavy atom. The van der Waals surface area contributed by atoms with E-state index in [4.69, 9.17) is 5.11 Å². The molecule has 2 amide bonds. The van der Waals surface area contributed by atoms with Crippen molar-refractivity contribution >= 4 is 12.0 Å². The van der Waals surface area contributed by atoms with Crippen LogP contribution >= 0.6 is 0 Å². The zero-order valence-electron chi connectivity index (χ0n) is 12.3. The van der Waals surface area contributed by atoms with Crippen LogP contribution in [0.2, 0.25) is 0 Å². The first-order chi connectivity index (χ1) is 8.81. The quantitative estimate of drug-likeness (QED) is 0.822. The molecule has 1 saturated heterocycles. The van der Waals surface area contributed by atoms with E-state index < -0.39 is 5.97 Å². The summed E-state index contributed by atoms with van der Waals surface area (Å²) in [6.45, 7) is 9.45. The van der Waals surface area contributed by atoms with E-state index in [2.05, 4.69) is 26.1 Å². The van der Waals surface area contributed by atoms with Crippen molar-refractivity contribution in [1.82, 2.24) is 10.2 Å². The van der Waals surface area contributed by atoms with Crippen LogP contribution in [-0.2, 0) is 4.79 Å². The minimum Gasteiger partial charge on any atom is -0.481 e. The standard InChI is InChI=1S/C14H26N2O3/c1-9(6-13(17)18)7-15-14(19)16-8-10(2)5-11(3)12(16)4/h9-12H,5-8H2,1-4H3,(H,15,19)(H,17,18). The summed E-state index contributed by atoms with van der Waals surface area (Å²) < 4.78 is 0. The number of carboxylic acids is 1. The van der Waals surface area contributed by atoms with Crippen LogP contribution in [0.5, 0.6) is 0 Å². The van der Waals surface area contributed by atoms with Gasteiger partial charge in [0.1, 0.15) is 0 Å². The van der Waals surface area contributed by atoms with Crippen molar-refractivity contribution in [2.75, 3.05) is 13.1 Å². The lowest BCUT2D eigenvalue weighted by Gasteiger charge is -2.41. The molecule has 1 rings (SSSR count). The van der Waals surface area contributed by atoms with Crippen LogP contribution in [0.4, 0.5) is 4.79 Å². The van der Waals surface area contributed by atoms with Gasteiger partial charge in [-0.05, 0) is 31.1 Å². The molecule has 1 aliphatic heterocycles. The molecule has 0 aromatic heterocycles. The summed E-state index contributed by atoms with van der Waals surface area (Å²) in [7, 11) is 0. The molecule has 5 nitrogen and oxygen atoms in total. The molecule has 0 aliphatic carbocycles. The highest BCUT2D eigenvalue weighted by Gasteiger charge is 2.31. The first-order valence-corrected chi connectivity index (χ1v) is 7.07. The summed E-state index contributed by atoms with van der Waals surface area (Å²) in [6.07, 6.45) is 1.24. The molecule has 1 aliphatic rings. The molecule has 0 aromatic rings. The molecule has 0 spiro atoms. The molecule has 110 valence electrons. The summed E-state index contributed by atoms with van der Waals surface area (Å²) in [6, 6.07) is 0.175. The zero-order valence-corrected chi connectivity index (χ0v) is 12.3. The van der Waals surface area contributed by atoms with E-state index in [1.807, 2.05) is 11.8 Å². The predicted molar refractivity (Wildman–Crippen MR) is 73.9 cm³/mol. The van der Waals surface area contributed by atoms with Crippen molar-refractivity contribution in [3.8, 4) is 0 Å². The Morgan fingerprint density at radius 2 is 2.00 bits per heavy atom. The number of carboxylic acid groups (broad SMARTS) is 1. The molecule has 0 bridgehead atoms. The Hall–Kier alpha value is -1.26. The lowest BCUT2D eigenvalue weighted by atomic mass is 9.86. The highest BCUT2D eigenvalue weighted by molar-refractivity contribution is 5.74. The van der Waals surface area contributed by atoms with Crippen LogP contribution in [0.3, 0.4) is 0 Å². The van der Waals surface area contributed by atoms with Crippen molar-refractivity contribution in [3.63, 3.8) is 0 Å². The van der Waals surface area contributed by atoms with Crippen LogP contribution in [0.15, 0.2) is 0 Å². The van der Waals surface area contributed by atoms with E-state index in [0.29, 0.717) is 18.4 Å². The summed E-state index contributed by atoms with van der Waals surface area (Å²) in [4.78, 5) is 24.6. The van der Waals surface area contributed by atoms with E-state index in [-0.39, 0.29) is 24.4 Å². The lowest BCUT2D eigenvalue weighted by molar-refractivity contribution is -0.137. The number of aliphatic carboxylic acids is 1. The molecule has 19 heavy (non-hydrogen) atoms. The maximum Gasteiger partial charge on any atom is 0.317 e. The third kappa shape index (κ3) is 4.73. The number of urea groups is 1. The molecule has 4 unspecified atom stereocenters. The summed E-state index contributed by atoms with van der Waals surface area (Å²) in [5, 5.41) is 11.5. The van der Waals surface area contributed by atoms with Crippen LogP contribution < -0.4 is 5.32 Å². The number of hydrogen-bond acceptors (Lipinski definition) is 2. The smallest absolute Gasteiger partial charge is 0.317 e. The topological polar surface area (TPSA) is 69.6 Å². The predicted octanol–water partition coefficient (Wildman–Crippen LogP) is 2.17. The van der Waals surface area contributed by atoms with Gasteiger partial charge in [-0.25, -0.2) is 4.79 Å². The largest absolute Gasteiger partial charge is 0.481 e. The second-order valence-electron chi connectivity index (χ2n) is 6.10. The van der Waals surface area contributed by atoms with Crippen molar-refractivity contribution in [2.45, 2.75) is 46.6 Å². The van der Waals surface area contributed by atoms with Gasteiger partial charge < -0.3 is 15.3 Å². The van der Waals surface area contributed by atoms with Crippen molar-refractivity contribution < 1.29 is 14.7 Å². The summed E-state index contributed by atoms with van der Waals surface area (Å²) in [5.41, 5.74) is 0. The third-order valence-electron chi connectivity index (χ3n) is 3.98. The average molecular weight is 270 g/mol. The summed E-state index contributed by atoms with van der Waals surface area (Å²) in [5.74, 6) is 0.158. The highest BCUT2D eigenvalue weighted by atomic mass is 16.4. The Morgan fingerprint density at radius 3 is 2.58 bits per heavy atom. The Labute approximate surface area is 115 Å². The maximum atomic E-state index is 12.2. The number of hydrogen-bond donors (Lipinski definition) is 2. The van der Waals surface area contributed by atoms with Gasteiger partial charge in [0.25, 0.3) is 0 Å². The third-order valence-corrected chi connectivity index (χ3v) is 3.98. The number of nitrogens with one attached hydrogen (secondary N) is 1. The Bertz CT molecular complexity index is 333. The van der Waals surface area contributed by atoms with Gasteiger partial charge in [-0.3, -0.25) is 4.79 Å². The van der Waals surface area contributed by atoms with Crippen molar-refractivity contribution in [3.05, 3.63) is 0 Å². The molecule has 1 heterocycles. The minimum absolute atomic E-state index is 0.0450. The van der Waals surface area contributed by atoms with Gasteiger partial charge in [0, 0.05) is 25.6 Å². The molecule has 5 heteroatoms. The maximum absolute atomic E-state index is 12.2. The van der Waals surface area contributed by atoms with Gasteiger partial charge in [-0.1, -0.05) is 20.8 Å². The number of carbonyl (C=O) groups excluding carboxylic acids is 1. The van der Waals surface area contributed by atoms with E-state index in [0.717, 1.165) is 13.0 Å². The van der Waals surface area contributed by atoms with Crippen LogP contribution in [-0.4, -0.2) is 41.1 Å². The Balaban J connectivity index is 2.46. The van der Waals surface area contributed by atoms with Gasteiger partial charge in [0.15, 0.2) is 0 Å². The average Bonchev–Trinajstić information content (AvgIpc) is 2.29. The first kappa shape index (κ1) is 15.8. The normalized spacial score (nSPS) is 28.8. The second kappa shape index (κ2) is 6.78. The van der Waals surface area contributed by atoms with Gasteiger partial charge in [0.05, 0.1) is 0 Å². The molecule has 1 fully saturated rings. The fourth-order valence-corrected chi connectivity index (χ4v) is 2.72. The van der Waals surface area contributed by atoms with Gasteiger partial charge >= 0.3 is 12.0 Å². The number of rotatable bonds is 4. The Kier molecular flexibility index (Phi) is 5.63. The number of carbonyl (C=O) groups is 2. The van der Waals surface area contributed by atoms with Gasteiger partial charge in [-0.2, -0.15) is 0 Å². The first-order valence-electron chi connectivity index (χ1n) is 7.07. The molecular formula is C14H26N2O3. The number of piperidine rings is 1.